The summed E-state index contributed by atoms with van der Waals surface area (Å²) in [4.78, 5) is 3.55. The summed E-state index contributed by atoms with van der Waals surface area (Å²) in [5, 5.41) is 9.50. The van der Waals surface area contributed by atoms with Crippen LogP contribution in [0.4, 0.5) is 0 Å². The number of hydrogen-bond acceptors (Lipinski definition) is 1. The zero-order chi connectivity index (χ0) is 17.1. The molecule has 0 aliphatic rings. The van der Waals surface area contributed by atoms with Crippen molar-refractivity contribution in [2.45, 2.75) is 0 Å². The highest BCUT2D eigenvalue weighted by Gasteiger charge is 2.15. The van der Waals surface area contributed by atoms with Crippen LogP contribution in [0.2, 0.25) is 0 Å². The molecule has 0 bridgehead atoms. The van der Waals surface area contributed by atoms with Crippen LogP contribution in [0.15, 0.2) is 91.0 Å². The van der Waals surface area contributed by atoms with Crippen molar-refractivity contribution in [3.63, 3.8) is 0 Å². The number of hydrogen-bond donors (Lipinski definition) is 1. The first-order chi connectivity index (χ1) is 12.4. The zero-order valence-electron chi connectivity index (χ0n) is 13.6. The number of nitrogens with zero attached hydrogens (tertiary/aromatic N) is 1. The normalized spacial score (nSPS) is 10.4. The Kier molecular flexibility index (Phi) is 3.90. The molecule has 25 heavy (non-hydrogen) atoms. The smallest absolute Gasteiger partial charge is 0.0998 e. The Morgan fingerprint density at radius 2 is 1.24 bits per heavy atom. The third-order valence-corrected chi connectivity index (χ3v) is 4.30. The fourth-order valence-corrected chi connectivity index (χ4v) is 3.09. The molecular weight excluding hydrogens is 304 g/mol. The Balaban J connectivity index is 1.96. The van der Waals surface area contributed by atoms with E-state index in [0.29, 0.717) is 5.56 Å². The standard InChI is InChI=1S/C23H16N2/c24-16-19-13-7-8-14-20(19)21-15-22(17-9-3-1-4-10-17)25-23(21)18-11-5-2-6-12-18/h1-15,25H. The lowest BCUT2D eigenvalue weighted by molar-refractivity contribution is 1.39. The van der Waals surface area contributed by atoms with Gasteiger partial charge in [-0.1, -0.05) is 78.9 Å². The lowest BCUT2D eigenvalue weighted by Gasteiger charge is -2.06. The average Bonchev–Trinajstić information content (AvgIpc) is 3.14. The van der Waals surface area contributed by atoms with Gasteiger partial charge in [-0.3, -0.25) is 0 Å². The van der Waals surface area contributed by atoms with Gasteiger partial charge in [0.2, 0.25) is 0 Å². The van der Waals surface area contributed by atoms with Gasteiger partial charge in [0.1, 0.15) is 0 Å². The largest absolute Gasteiger partial charge is 0.354 e. The van der Waals surface area contributed by atoms with Crippen molar-refractivity contribution < 1.29 is 0 Å². The number of nitriles is 1. The van der Waals surface area contributed by atoms with Gasteiger partial charge in [0.05, 0.1) is 17.3 Å². The molecule has 0 aliphatic heterocycles. The van der Waals surface area contributed by atoms with Gasteiger partial charge in [0.15, 0.2) is 0 Å². The molecule has 0 unspecified atom stereocenters. The highest BCUT2D eigenvalue weighted by molar-refractivity contribution is 5.88. The molecule has 0 saturated heterocycles. The lowest BCUT2D eigenvalue weighted by atomic mass is 9.97. The maximum Gasteiger partial charge on any atom is 0.0998 e. The number of aromatic amines is 1. The van der Waals surface area contributed by atoms with Gasteiger partial charge in [-0.15, -0.1) is 0 Å². The number of aromatic nitrogens is 1. The Bertz CT molecular complexity index is 1040. The van der Waals surface area contributed by atoms with Crippen molar-refractivity contribution >= 4 is 0 Å². The van der Waals surface area contributed by atoms with Gasteiger partial charge in [0.25, 0.3) is 0 Å². The summed E-state index contributed by atoms with van der Waals surface area (Å²) < 4.78 is 0. The predicted molar refractivity (Wildman–Crippen MR) is 102 cm³/mol. The van der Waals surface area contributed by atoms with Crippen LogP contribution in [0, 0.1) is 11.3 Å². The van der Waals surface area contributed by atoms with E-state index in [-0.39, 0.29) is 0 Å². The number of H-pyrrole nitrogens is 1. The zero-order valence-corrected chi connectivity index (χ0v) is 13.6. The van der Waals surface area contributed by atoms with Crippen LogP contribution in [0.25, 0.3) is 33.6 Å². The van der Waals surface area contributed by atoms with Crippen LogP contribution in [0.3, 0.4) is 0 Å². The molecule has 2 nitrogen and oxygen atoms in total. The summed E-state index contributed by atoms with van der Waals surface area (Å²) in [6, 6.07) is 32.6. The molecule has 2 heteroatoms. The summed E-state index contributed by atoms with van der Waals surface area (Å²) in [7, 11) is 0. The molecule has 4 aromatic rings. The first-order valence-electron chi connectivity index (χ1n) is 8.20. The van der Waals surface area contributed by atoms with Crippen molar-refractivity contribution in [1.82, 2.24) is 4.98 Å². The van der Waals surface area contributed by atoms with Crippen molar-refractivity contribution in [2.24, 2.45) is 0 Å². The van der Waals surface area contributed by atoms with Crippen LogP contribution in [-0.4, -0.2) is 4.98 Å². The topological polar surface area (TPSA) is 39.6 Å². The second-order valence-corrected chi connectivity index (χ2v) is 5.86. The Morgan fingerprint density at radius 1 is 0.640 bits per heavy atom. The summed E-state index contributed by atoms with van der Waals surface area (Å²) in [5.41, 5.74) is 6.97. The molecule has 3 aromatic carbocycles. The maximum atomic E-state index is 9.50. The van der Waals surface area contributed by atoms with E-state index in [0.717, 1.165) is 33.6 Å². The highest BCUT2D eigenvalue weighted by atomic mass is 14.7. The Hall–Kier alpha value is -3.57. The summed E-state index contributed by atoms with van der Waals surface area (Å²) in [6.45, 7) is 0. The van der Waals surface area contributed by atoms with Gasteiger partial charge >= 0.3 is 0 Å². The maximum absolute atomic E-state index is 9.50. The molecule has 0 radical (unpaired) electrons. The van der Waals surface area contributed by atoms with E-state index in [4.69, 9.17) is 0 Å². The van der Waals surface area contributed by atoms with Gasteiger partial charge in [-0.25, -0.2) is 0 Å². The van der Waals surface area contributed by atoms with E-state index in [2.05, 4.69) is 41.4 Å². The predicted octanol–water partition coefficient (Wildman–Crippen LogP) is 5.89. The molecule has 4 rings (SSSR count). The van der Waals surface area contributed by atoms with E-state index in [1.165, 1.54) is 0 Å². The highest BCUT2D eigenvalue weighted by Crippen LogP contribution is 2.37. The van der Waals surface area contributed by atoms with E-state index in [1.807, 2.05) is 60.7 Å². The van der Waals surface area contributed by atoms with E-state index in [9.17, 15) is 5.26 Å². The van der Waals surface area contributed by atoms with E-state index in [1.54, 1.807) is 0 Å². The molecule has 1 aromatic heterocycles. The molecule has 0 aliphatic carbocycles. The average molecular weight is 320 g/mol. The Labute approximate surface area is 147 Å². The first kappa shape index (κ1) is 15.0. The third-order valence-electron chi connectivity index (χ3n) is 4.30. The van der Waals surface area contributed by atoms with Crippen molar-refractivity contribution in [2.75, 3.05) is 0 Å². The minimum absolute atomic E-state index is 0.679. The summed E-state index contributed by atoms with van der Waals surface area (Å²) in [5.74, 6) is 0. The molecule has 1 heterocycles. The lowest BCUT2D eigenvalue weighted by Crippen LogP contribution is -1.86. The molecule has 0 spiro atoms. The van der Waals surface area contributed by atoms with Gasteiger partial charge in [0, 0.05) is 16.8 Å². The van der Waals surface area contributed by atoms with Gasteiger partial charge < -0.3 is 4.98 Å². The second-order valence-electron chi connectivity index (χ2n) is 5.86. The summed E-state index contributed by atoms with van der Waals surface area (Å²) in [6.07, 6.45) is 0. The summed E-state index contributed by atoms with van der Waals surface area (Å²) >= 11 is 0. The van der Waals surface area contributed by atoms with Gasteiger partial charge in [-0.05, 0) is 23.3 Å². The van der Waals surface area contributed by atoms with Crippen LogP contribution < -0.4 is 0 Å². The van der Waals surface area contributed by atoms with Crippen molar-refractivity contribution in [3.8, 4) is 39.7 Å². The van der Waals surface area contributed by atoms with Gasteiger partial charge in [-0.2, -0.15) is 5.26 Å². The van der Waals surface area contributed by atoms with Crippen LogP contribution >= 0.6 is 0 Å². The molecule has 1 N–H and O–H groups in total. The number of benzene rings is 3. The van der Waals surface area contributed by atoms with Crippen LogP contribution in [0.5, 0.6) is 0 Å². The first-order valence-corrected chi connectivity index (χ1v) is 8.20. The molecular formula is C23H16N2. The fourth-order valence-electron chi connectivity index (χ4n) is 3.09. The van der Waals surface area contributed by atoms with Crippen molar-refractivity contribution in [1.29, 1.82) is 5.26 Å². The number of rotatable bonds is 3. The van der Waals surface area contributed by atoms with Crippen molar-refractivity contribution in [3.05, 3.63) is 96.6 Å². The quantitative estimate of drug-likeness (QED) is 0.502. The number of nitrogens with one attached hydrogen (secondary N) is 1. The van der Waals surface area contributed by atoms with E-state index >= 15 is 0 Å². The van der Waals surface area contributed by atoms with E-state index < -0.39 is 0 Å². The minimum Gasteiger partial charge on any atom is -0.354 e. The SMILES string of the molecule is N#Cc1ccccc1-c1cc(-c2ccccc2)[nH]c1-c1ccccc1. The van der Waals surface area contributed by atoms with Crippen LogP contribution in [-0.2, 0) is 0 Å². The fraction of sp³-hybridized carbons (Fsp3) is 0. The van der Waals surface area contributed by atoms with Crippen LogP contribution in [0.1, 0.15) is 5.56 Å². The monoisotopic (exact) mass is 320 g/mol. The molecule has 0 saturated carbocycles. The Morgan fingerprint density at radius 3 is 1.92 bits per heavy atom. The molecule has 0 fully saturated rings. The third kappa shape index (κ3) is 2.84. The molecule has 118 valence electrons. The molecule has 0 amide bonds. The second kappa shape index (κ2) is 6.51. The molecule has 0 atom stereocenters. The minimum atomic E-state index is 0.679.